The molecular formula is C23H21ClN6O2S. The molecule has 2 heterocycles. The second kappa shape index (κ2) is 9.65. The van der Waals surface area contributed by atoms with Gasteiger partial charge in [-0.1, -0.05) is 49.3 Å². The molecule has 0 saturated carbocycles. The second-order valence-electron chi connectivity index (χ2n) is 7.92. The van der Waals surface area contributed by atoms with Gasteiger partial charge in [-0.2, -0.15) is 5.26 Å². The monoisotopic (exact) mass is 480 g/mol. The summed E-state index contributed by atoms with van der Waals surface area (Å²) in [4.78, 5) is 25.6. The third-order valence-corrected chi connectivity index (χ3v) is 6.36. The maximum absolute atomic E-state index is 13.1. The highest BCUT2D eigenvalue weighted by Gasteiger charge is 2.18. The van der Waals surface area contributed by atoms with Gasteiger partial charge in [0.2, 0.25) is 11.7 Å². The fourth-order valence-electron chi connectivity index (χ4n) is 3.43. The zero-order chi connectivity index (χ0) is 23.5. The Balaban J connectivity index is 1.62. The number of fused-ring (bicyclic) bond motifs is 3. The van der Waals surface area contributed by atoms with Gasteiger partial charge in [0, 0.05) is 12.2 Å². The SMILES string of the molecule is CC(C)CCn1c(=O)c2ccccc2n2c(SCC(=O)Nc3ccc(C#N)c(Cl)c3)nnc12. The molecule has 33 heavy (non-hydrogen) atoms. The number of anilines is 1. The van der Waals surface area contributed by atoms with Gasteiger partial charge >= 0.3 is 0 Å². The van der Waals surface area contributed by atoms with Gasteiger partial charge in [-0.3, -0.25) is 18.6 Å². The smallest absolute Gasteiger partial charge is 0.262 e. The first-order chi connectivity index (χ1) is 15.9. The largest absolute Gasteiger partial charge is 0.325 e. The van der Waals surface area contributed by atoms with Crippen molar-refractivity contribution in [3.05, 3.63) is 63.4 Å². The summed E-state index contributed by atoms with van der Waals surface area (Å²) in [5.41, 5.74) is 1.45. The molecule has 0 atom stereocenters. The molecule has 0 fully saturated rings. The molecule has 0 saturated heterocycles. The summed E-state index contributed by atoms with van der Waals surface area (Å²) in [7, 11) is 0. The minimum absolute atomic E-state index is 0.0812. The summed E-state index contributed by atoms with van der Waals surface area (Å²) >= 11 is 7.26. The van der Waals surface area contributed by atoms with E-state index in [9.17, 15) is 9.59 Å². The normalized spacial score (nSPS) is 11.2. The number of carbonyl (C=O) groups excluding carboxylic acids is 1. The third-order valence-electron chi connectivity index (χ3n) is 5.11. The predicted octanol–water partition coefficient (Wildman–Crippen LogP) is 4.35. The number of rotatable bonds is 7. The van der Waals surface area contributed by atoms with E-state index < -0.39 is 0 Å². The van der Waals surface area contributed by atoms with Gasteiger partial charge in [0.25, 0.3) is 5.56 Å². The first-order valence-electron chi connectivity index (χ1n) is 10.4. The van der Waals surface area contributed by atoms with Crippen molar-refractivity contribution in [2.75, 3.05) is 11.1 Å². The van der Waals surface area contributed by atoms with Crippen molar-refractivity contribution in [1.82, 2.24) is 19.2 Å². The second-order valence-corrected chi connectivity index (χ2v) is 9.27. The third kappa shape index (κ3) is 4.72. The van der Waals surface area contributed by atoms with E-state index in [2.05, 4.69) is 29.4 Å². The van der Waals surface area contributed by atoms with Crippen LogP contribution in [0.2, 0.25) is 5.02 Å². The van der Waals surface area contributed by atoms with Crippen LogP contribution < -0.4 is 10.9 Å². The number of hydrogen-bond donors (Lipinski definition) is 1. The highest BCUT2D eigenvalue weighted by atomic mass is 35.5. The first-order valence-corrected chi connectivity index (χ1v) is 11.7. The molecule has 0 bridgehead atoms. The Bertz CT molecular complexity index is 1450. The molecule has 1 N–H and O–H groups in total. The number of hydrogen-bond acceptors (Lipinski definition) is 6. The molecule has 2 aromatic carbocycles. The van der Waals surface area contributed by atoms with Gasteiger partial charge in [0.1, 0.15) is 6.07 Å². The van der Waals surface area contributed by atoms with Crippen LogP contribution in [-0.2, 0) is 11.3 Å². The number of aryl methyl sites for hydroxylation is 1. The van der Waals surface area contributed by atoms with Crippen molar-refractivity contribution < 1.29 is 4.79 Å². The molecule has 0 aliphatic heterocycles. The van der Waals surface area contributed by atoms with Gasteiger partial charge < -0.3 is 5.32 Å². The number of amides is 1. The quantitative estimate of drug-likeness (QED) is 0.394. The lowest BCUT2D eigenvalue weighted by atomic mass is 10.1. The number of aromatic nitrogens is 4. The summed E-state index contributed by atoms with van der Waals surface area (Å²) in [5.74, 6) is 0.716. The number of nitrogens with one attached hydrogen (secondary N) is 1. The van der Waals surface area contributed by atoms with Crippen LogP contribution in [0.5, 0.6) is 0 Å². The lowest BCUT2D eigenvalue weighted by Gasteiger charge is -2.12. The highest BCUT2D eigenvalue weighted by molar-refractivity contribution is 7.99. The molecule has 0 aliphatic carbocycles. The molecule has 8 nitrogen and oxygen atoms in total. The minimum atomic E-state index is -0.255. The number of carbonyl (C=O) groups is 1. The summed E-state index contributed by atoms with van der Waals surface area (Å²) < 4.78 is 3.48. The molecule has 2 aromatic heterocycles. The fraction of sp³-hybridized carbons (Fsp3) is 0.261. The fourth-order valence-corrected chi connectivity index (χ4v) is 4.39. The van der Waals surface area contributed by atoms with Crippen LogP contribution in [0.1, 0.15) is 25.8 Å². The van der Waals surface area contributed by atoms with Crippen molar-refractivity contribution >= 4 is 51.6 Å². The topological polar surface area (TPSA) is 105 Å². The van der Waals surface area contributed by atoms with E-state index in [1.54, 1.807) is 22.8 Å². The number of nitrogens with zero attached hydrogens (tertiary/aromatic N) is 5. The Morgan fingerprint density at radius 1 is 1.24 bits per heavy atom. The van der Waals surface area contributed by atoms with E-state index in [1.807, 2.05) is 28.7 Å². The molecule has 0 unspecified atom stereocenters. The van der Waals surface area contributed by atoms with E-state index >= 15 is 0 Å². The minimum Gasteiger partial charge on any atom is -0.325 e. The van der Waals surface area contributed by atoms with Gasteiger partial charge in [-0.25, -0.2) is 0 Å². The number of nitriles is 1. The Labute approximate surface area is 199 Å². The van der Waals surface area contributed by atoms with Gasteiger partial charge in [0.05, 0.1) is 27.2 Å². The number of benzene rings is 2. The van der Waals surface area contributed by atoms with E-state index in [0.717, 1.165) is 6.42 Å². The average molecular weight is 481 g/mol. The standard InChI is InChI=1S/C23H21ClN6O2S/c1-14(2)9-10-29-21(32)17-5-3-4-6-19(17)30-22(29)27-28-23(30)33-13-20(31)26-16-8-7-15(12-25)18(24)11-16/h3-8,11,14H,9-10,13H2,1-2H3,(H,26,31). The molecule has 0 radical (unpaired) electrons. The molecule has 168 valence electrons. The molecule has 4 aromatic rings. The maximum Gasteiger partial charge on any atom is 0.262 e. The van der Waals surface area contributed by atoms with Gasteiger partial charge in [-0.15, -0.1) is 10.2 Å². The summed E-state index contributed by atoms with van der Waals surface area (Å²) in [6, 6.07) is 14.0. The van der Waals surface area contributed by atoms with Crippen LogP contribution in [0.4, 0.5) is 5.69 Å². The maximum atomic E-state index is 13.1. The van der Waals surface area contributed by atoms with Crippen LogP contribution in [0.3, 0.4) is 0 Å². The van der Waals surface area contributed by atoms with E-state index in [-0.39, 0.29) is 22.2 Å². The van der Waals surface area contributed by atoms with E-state index in [0.29, 0.717) is 45.6 Å². The van der Waals surface area contributed by atoms with E-state index in [4.69, 9.17) is 16.9 Å². The number of thioether (sulfide) groups is 1. The van der Waals surface area contributed by atoms with Crippen LogP contribution in [0, 0.1) is 17.2 Å². The molecule has 10 heteroatoms. The average Bonchev–Trinajstić information content (AvgIpc) is 3.21. The van der Waals surface area contributed by atoms with Gasteiger partial charge in [0.15, 0.2) is 5.16 Å². The van der Waals surface area contributed by atoms with Crippen LogP contribution in [0.25, 0.3) is 16.7 Å². The highest BCUT2D eigenvalue weighted by Crippen LogP contribution is 2.23. The lowest BCUT2D eigenvalue weighted by Crippen LogP contribution is -2.24. The molecule has 0 aliphatic rings. The van der Waals surface area contributed by atoms with Crippen LogP contribution in [-0.4, -0.2) is 30.8 Å². The summed E-state index contributed by atoms with van der Waals surface area (Å²) in [5, 5.41) is 21.7. The Kier molecular flexibility index (Phi) is 6.67. The van der Waals surface area contributed by atoms with Crippen molar-refractivity contribution in [1.29, 1.82) is 5.26 Å². The van der Waals surface area contributed by atoms with Crippen LogP contribution >= 0.6 is 23.4 Å². The number of halogens is 1. The van der Waals surface area contributed by atoms with Crippen molar-refractivity contribution in [2.24, 2.45) is 5.92 Å². The first kappa shape index (κ1) is 22.8. The number of para-hydroxylation sites is 1. The Hall–Kier alpha value is -3.35. The Morgan fingerprint density at radius 2 is 2.03 bits per heavy atom. The van der Waals surface area contributed by atoms with E-state index in [1.165, 1.54) is 17.8 Å². The molecule has 4 rings (SSSR count). The van der Waals surface area contributed by atoms with Crippen molar-refractivity contribution in [2.45, 2.75) is 32.0 Å². The zero-order valence-corrected chi connectivity index (χ0v) is 19.7. The molecule has 0 spiro atoms. The molecular weight excluding hydrogens is 460 g/mol. The van der Waals surface area contributed by atoms with Gasteiger partial charge in [-0.05, 0) is 42.7 Å². The molecule has 1 amide bonds. The predicted molar refractivity (Wildman–Crippen MR) is 130 cm³/mol. The van der Waals surface area contributed by atoms with Crippen LogP contribution in [0.15, 0.2) is 52.4 Å². The van der Waals surface area contributed by atoms with Crippen molar-refractivity contribution in [3.63, 3.8) is 0 Å². The lowest BCUT2D eigenvalue weighted by molar-refractivity contribution is -0.113. The zero-order valence-electron chi connectivity index (χ0n) is 18.1. The summed E-state index contributed by atoms with van der Waals surface area (Å²) in [6.45, 7) is 4.75. The Morgan fingerprint density at radius 3 is 2.76 bits per heavy atom. The summed E-state index contributed by atoms with van der Waals surface area (Å²) in [6.07, 6.45) is 0.832. The van der Waals surface area contributed by atoms with Crippen molar-refractivity contribution in [3.8, 4) is 6.07 Å².